The van der Waals surface area contributed by atoms with Gasteiger partial charge in [-0.05, 0) is 23.5 Å². The lowest BCUT2D eigenvalue weighted by Gasteiger charge is -2.00. The number of hydrogen-bond acceptors (Lipinski definition) is 4. The van der Waals surface area contributed by atoms with Crippen molar-refractivity contribution in [2.75, 3.05) is 6.61 Å². The van der Waals surface area contributed by atoms with Crippen LogP contribution in [0.3, 0.4) is 0 Å². The largest absolute Gasteiger partial charge is 0.475 e. The van der Waals surface area contributed by atoms with Crippen LogP contribution in [0.5, 0.6) is 0 Å². The highest BCUT2D eigenvalue weighted by Crippen LogP contribution is 2.10. The number of oxime groups is 1. The van der Waals surface area contributed by atoms with Crippen molar-refractivity contribution >= 4 is 17.2 Å². The number of ether oxygens (including phenoxy) is 1. The van der Waals surface area contributed by atoms with Crippen LogP contribution in [0.25, 0.3) is 0 Å². The van der Waals surface area contributed by atoms with Crippen molar-refractivity contribution in [3.8, 4) is 0 Å². The third-order valence-corrected chi connectivity index (χ3v) is 1.96. The molecule has 1 heterocycles. The summed E-state index contributed by atoms with van der Waals surface area (Å²) < 4.78 is 5.05. The first-order valence-electron chi connectivity index (χ1n) is 3.27. The molecule has 3 nitrogen and oxygen atoms in total. The van der Waals surface area contributed by atoms with Gasteiger partial charge in [-0.1, -0.05) is 6.07 Å². The average Bonchev–Trinajstić information content (AvgIpc) is 2.52. The molecule has 0 aliphatic rings. The molecule has 0 aliphatic carbocycles. The summed E-state index contributed by atoms with van der Waals surface area (Å²) in [4.78, 5) is 0.842. The second-order valence-electron chi connectivity index (χ2n) is 1.82. The van der Waals surface area contributed by atoms with Crippen LogP contribution in [0.4, 0.5) is 0 Å². The van der Waals surface area contributed by atoms with E-state index < -0.39 is 0 Å². The molecular formula is C7H9NO2S. The van der Waals surface area contributed by atoms with Crippen LogP contribution >= 0.6 is 11.3 Å². The molecule has 0 aliphatic heterocycles. The first kappa shape index (κ1) is 8.07. The lowest BCUT2D eigenvalue weighted by molar-refractivity contribution is 0.266. The van der Waals surface area contributed by atoms with Gasteiger partial charge in [-0.25, -0.2) is 0 Å². The summed E-state index contributed by atoms with van der Waals surface area (Å²) in [5.74, 6) is 0.294. The van der Waals surface area contributed by atoms with Gasteiger partial charge in [0.15, 0.2) is 0 Å². The molecule has 0 spiro atoms. The summed E-state index contributed by atoms with van der Waals surface area (Å²) in [5.41, 5.74) is 0. The molecule has 0 aromatic carbocycles. The zero-order valence-electron chi connectivity index (χ0n) is 6.15. The zero-order chi connectivity index (χ0) is 8.10. The fourth-order valence-corrected chi connectivity index (χ4v) is 1.35. The molecule has 0 fully saturated rings. The van der Waals surface area contributed by atoms with Gasteiger partial charge in [0.25, 0.3) is 5.90 Å². The van der Waals surface area contributed by atoms with Crippen LogP contribution in [0.2, 0.25) is 0 Å². The standard InChI is InChI=1S/C7H9NO2S/c1-2-10-7(8-9)6-4-3-5-11-6/h3-5,9H,2H2,1H3. The first-order chi connectivity index (χ1) is 5.38. The molecule has 1 aromatic rings. The number of hydrogen-bond donors (Lipinski definition) is 1. The Bertz CT molecular complexity index is 231. The summed E-state index contributed by atoms with van der Waals surface area (Å²) >= 11 is 1.48. The fourth-order valence-electron chi connectivity index (χ4n) is 0.686. The van der Waals surface area contributed by atoms with Crippen molar-refractivity contribution in [1.82, 2.24) is 0 Å². The van der Waals surface area contributed by atoms with E-state index in [1.807, 2.05) is 24.4 Å². The van der Waals surface area contributed by atoms with Gasteiger partial charge in [0.05, 0.1) is 11.5 Å². The minimum atomic E-state index is 0.294. The van der Waals surface area contributed by atoms with E-state index in [2.05, 4.69) is 5.16 Å². The monoisotopic (exact) mass is 171 g/mol. The molecule has 1 rings (SSSR count). The van der Waals surface area contributed by atoms with Gasteiger partial charge >= 0.3 is 0 Å². The molecule has 60 valence electrons. The minimum Gasteiger partial charge on any atom is -0.475 e. The zero-order valence-corrected chi connectivity index (χ0v) is 6.97. The highest BCUT2D eigenvalue weighted by Gasteiger charge is 2.04. The van der Waals surface area contributed by atoms with Crippen molar-refractivity contribution in [3.63, 3.8) is 0 Å². The number of rotatable bonds is 2. The Kier molecular flexibility index (Phi) is 2.92. The molecule has 0 amide bonds. The molecule has 1 aromatic heterocycles. The molecule has 0 saturated heterocycles. The molecule has 1 N–H and O–H groups in total. The van der Waals surface area contributed by atoms with Gasteiger partial charge < -0.3 is 9.94 Å². The van der Waals surface area contributed by atoms with Crippen molar-refractivity contribution in [3.05, 3.63) is 22.4 Å². The predicted molar refractivity (Wildman–Crippen MR) is 44.3 cm³/mol. The van der Waals surface area contributed by atoms with Gasteiger partial charge in [0, 0.05) is 0 Å². The van der Waals surface area contributed by atoms with Crippen LogP contribution in [0.15, 0.2) is 22.7 Å². The fraction of sp³-hybridized carbons (Fsp3) is 0.286. The van der Waals surface area contributed by atoms with E-state index in [1.165, 1.54) is 11.3 Å². The Morgan fingerprint density at radius 3 is 3.09 bits per heavy atom. The van der Waals surface area contributed by atoms with Gasteiger partial charge in [-0.2, -0.15) is 0 Å². The third kappa shape index (κ3) is 1.94. The Labute approximate surface area is 68.9 Å². The summed E-state index contributed by atoms with van der Waals surface area (Å²) in [7, 11) is 0. The maximum absolute atomic E-state index is 8.50. The third-order valence-electron chi connectivity index (χ3n) is 1.10. The van der Waals surface area contributed by atoms with E-state index in [9.17, 15) is 0 Å². The first-order valence-corrected chi connectivity index (χ1v) is 4.15. The SMILES string of the molecule is CCOC(=NO)c1cccs1. The maximum Gasteiger partial charge on any atom is 0.267 e. The van der Waals surface area contributed by atoms with Crippen molar-refractivity contribution in [2.45, 2.75) is 6.92 Å². The summed E-state index contributed by atoms with van der Waals surface area (Å²) in [5, 5.41) is 13.4. The molecule has 11 heavy (non-hydrogen) atoms. The van der Waals surface area contributed by atoms with Crippen LogP contribution in [0, 0.1) is 0 Å². The minimum absolute atomic E-state index is 0.294. The van der Waals surface area contributed by atoms with E-state index in [-0.39, 0.29) is 0 Å². The maximum atomic E-state index is 8.50. The normalized spacial score (nSPS) is 11.5. The van der Waals surface area contributed by atoms with E-state index in [0.29, 0.717) is 12.5 Å². The Balaban J connectivity index is 2.72. The van der Waals surface area contributed by atoms with Gasteiger partial charge in [0.1, 0.15) is 0 Å². The number of nitrogens with zero attached hydrogens (tertiary/aromatic N) is 1. The molecular weight excluding hydrogens is 162 g/mol. The Morgan fingerprint density at radius 1 is 1.82 bits per heavy atom. The van der Waals surface area contributed by atoms with E-state index in [4.69, 9.17) is 9.94 Å². The van der Waals surface area contributed by atoms with Crippen molar-refractivity contribution in [2.24, 2.45) is 5.16 Å². The predicted octanol–water partition coefficient (Wildman–Crippen LogP) is 1.92. The van der Waals surface area contributed by atoms with Crippen LogP contribution in [0.1, 0.15) is 11.8 Å². The topological polar surface area (TPSA) is 41.8 Å². The van der Waals surface area contributed by atoms with Crippen LogP contribution in [-0.4, -0.2) is 17.7 Å². The Hall–Kier alpha value is -1.03. The van der Waals surface area contributed by atoms with Crippen molar-refractivity contribution in [1.29, 1.82) is 0 Å². The number of thiophene rings is 1. The molecule has 4 heteroatoms. The molecule has 0 unspecified atom stereocenters. The lowest BCUT2D eigenvalue weighted by atomic mass is 10.5. The summed E-state index contributed by atoms with van der Waals surface area (Å²) in [6, 6.07) is 3.72. The van der Waals surface area contributed by atoms with E-state index in [1.54, 1.807) is 0 Å². The Morgan fingerprint density at radius 2 is 2.64 bits per heavy atom. The van der Waals surface area contributed by atoms with Crippen LogP contribution < -0.4 is 0 Å². The lowest BCUT2D eigenvalue weighted by Crippen LogP contribution is -2.03. The van der Waals surface area contributed by atoms with Gasteiger partial charge in [-0.3, -0.25) is 0 Å². The molecule has 0 saturated carbocycles. The quantitative estimate of drug-likeness (QED) is 0.319. The second-order valence-corrected chi connectivity index (χ2v) is 2.76. The van der Waals surface area contributed by atoms with E-state index >= 15 is 0 Å². The highest BCUT2D eigenvalue weighted by atomic mass is 32.1. The molecule has 0 bridgehead atoms. The molecule has 0 atom stereocenters. The summed E-state index contributed by atoms with van der Waals surface area (Å²) in [6.45, 7) is 2.36. The van der Waals surface area contributed by atoms with Gasteiger partial charge in [-0.15, -0.1) is 11.3 Å². The average molecular weight is 171 g/mol. The smallest absolute Gasteiger partial charge is 0.267 e. The van der Waals surface area contributed by atoms with Crippen molar-refractivity contribution < 1.29 is 9.94 Å². The van der Waals surface area contributed by atoms with E-state index in [0.717, 1.165) is 4.88 Å². The molecule has 0 radical (unpaired) electrons. The summed E-state index contributed by atoms with van der Waals surface area (Å²) in [6.07, 6.45) is 0. The second kappa shape index (κ2) is 3.98. The highest BCUT2D eigenvalue weighted by molar-refractivity contribution is 7.12. The van der Waals surface area contributed by atoms with Gasteiger partial charge in [0.2, 0.25) is 0 Å². The van der Waals surface area contributed by atoms with Crippen LogP contribution in [-0.2, 0) is 4.74 Å².